The first-order valence-corrected chi connectivity index (χ1v) is 7.58. The molecule has 23 heavy (non-hydrogen) atoms. The van der Waals surface area contributed by atoms with Crippen LogP contribution in [-0.4, -0.2) is 16.8 Å². The molecule has 118 valence electrons. The molecule has 0 spiro atoms. The van der Waals surface area contributed by atoms with Gasteiger partial charge in [0.15, 0.2) is 6.29 Å². The largest absolute Gasteiger partial charge is 0.467 e. The maximum atomic E-state index is 12.2. The predicted molar refractivity (Wildman–Crippen MR) is 87.3 cm³/mol. The lowest BCUT2D eigenvalue weighted by molar-refractivity contribution is -0.121. The zero-order valence-electron chi connectivity index (χ0n) is 12.9. The summed E-state index contributed by atoms with van der Waals surface area (Å²) in [6, 6.07) is 9.47. The summed E-state index contributed by atoms with van der Waals surface area (Å²) in [6.45, 7) is 2.58. The molecule has 0 fully saturated rings. The minimum absolute atomic E-state index is 0.123. The van der Waals surface area contributed by atoms with Crippen LogP contribution in [0.4, 0.5) is 0 Å². The molecule has 0 atom stereocenters. The standard InChI is InChI=1S/C18H18N2O3/c1-2-13-5-3-7-16-14(12-21)10-20(18(13)16)11-17(22)19-9-15-6-4-8-23-15/h3-8,10,12H,2,9,11H2,1H3,(H,19,22). The molecular weight excluding hydrogens is 292 g/mol. The summed E-state index contributed by atoms with van der Waals surface area (Å²) in [5.74, 6) is 0.584. The predicted octanol–water partition coefficient (Wildman–Crippen LogP) is 2.93. The van der Waals surface area contributed by atoms with Crippen molar-refractivity contribution in [3.63, 3.8) is 0 Å². The Hall–Kier alpha value is -2.82. The van der Waals surface area contributed by atoms with Crippen molar-refractivity contribution in [1.29, 1.82) is 0 Å². The number of amides is 1. The summed E-state index contributed by atoms with van der Waals surface area (Å²) in [5.41, 5.74) is 2.67. The first kappa shape index (κ1) is 15.1. The molecule has 0 saturated heterocycles. The number of aromatic nitrogens is 1. The summed E-state index contributed by atoms with van der Waals surface area (Å²) in [6.07, 6.45) is 4.99. The van der Waals surface area contributed by atoms with Gasteiger partial charge in [0.05, 0.1) is 18.3 Å². The molecule has 1 N–H and O–H groups in total. The van der Waals surface area contributed by atoms with Crippen LogP contribution in [0, 0.1) is 0 Å². The number of hydrogen-bond donors (Lipinski definition) is 1. The van der Waals surface area contributed by atoms with Gasteiger partial charge in [-0.25, -0.2) is 0 Å². The van der Waals surface area contributed by atoms with Gasteiger partial charge in [-0.15, -0.1) is 0 Å². The van der Waals surface area contributed by atoms with Crippen LogP contribution in [0.3, 0.4) is 0 Å². The topological polar surface area (TPSA) is 64.2 Å². The van der Waals surface area contributed by atoms with Crippen LogP contribution in [0.1, 0.15) is 28.6 Å². The second-order valence-corrected chi connectivity index (χ2v) is 5.35. The highest BCUT2D eigenvalue weighted by atomic mass is 16.3. The van der Waals surface area contributed by atoms with Crippen LogP contribution in [0.5, 0.6) is 0 Å². The van der Waals surface area contributed by atoms with Gasteiger partial charge in [0.25, 0.3) is 0 Å². The number of aldehydes is 1. The molecule has 5 nitrogen and oxygen atoms in total. The molecule has 2 aromatic heterocycles. The highest BCUT2D eigenvalue weighted by molar-refractivity contribution is 5.99. The monoisotopic (exact) mass is 310 g/mol. The number of hydrogen-bond acceptors (Lipinski definition) is 3. The highest BCUT2D eigenvalue weighted by Crippen LogP contribution is 2.24. The van der Waals surface area contributed by atoms with Crippen molar-refractivity contribution in [2.75, 3.05) is 0 Å². The molecule has 0 saturated carbocycles. The number of rotatable bonds is 6. The lowest BCUT2D eigenvalue weighted by Crippen LogP contribution is -2.26. The van der Waals surface area contributed by atoms with Gasteiger partial charge in [0.1, 0.15) is 12.3 Å². The van der Waals surface area contributed by atoms with E-state index in [0.29, 0.717) is 17.9 Å². The summed E-state index contributed by atoms with van der Waals surface area (Å²) in [4.78, 5) is 23.5. The SMILES string of the molecule is CCc1cccc2c(C=O)cn(CC(=O)NCc3ccco3)c12. The first-order valence-electron chi connectivity index (χ1n) is 7.58. The third kappa shape index (κ3) is 3.04. The third-order valence-electron chi connectivity index (χ3n) is 3.87. The Morgan fingerprint density at radius 1 is 1.30 bits per heavy atom. The molecule has 0 aliphatic heterocycles. The molecule has 3 aromatic rings. The second kappa shape index (κ2) is 6.52. The van der Waals surface area contributed by atoms with Crippen molar-refractivity contribution < 1.29 is 14.0 Å². The molecule has 0 unspecified atom stereocenters. The number of carbonyl (C=O) groups excluding carboxylic acids is 2. The Kier molecular flexibility index (Phi) is 4.28. The fraction of sp³-hybridized carbons (Fsp3) is 0.222. The van der Waals surface area contributed by atoms with E-state index in [2.05, 4.69) is 12.2 Å². The van der Waals surface area contributed by atoms with Crippen LogP contribution < -0.4 is 5.32 Å². The molecule has 1 amide bonds. The van der Waals surface area contributed by atoms with E-state index in [-0.39, 0.29) is 12.5 Å². The van der Waals surface area contributed by atoms with E-state index in [1.807, 2.05) is 28.8 Å². The van der Waals surface area contributed by atoms with Crippen LogP contribution >= 0.6 is 0 Å². The molecule has 0 bridgehead atoms. The number of nitrogens with one attached hydrogen (secondary N) is 1. The third-order valence-corrected chi connectivity index (χ3v) is 3.87. The number of aryl methyl sites for hydroxylation is 1. The smallest absolute Gasteiger partial charge is 0.240 e. The van der Waals surface area contributed by atoms with Gasteiger partial charge in [-0.2, -0.15) is 0 Å². The van der Waals surface area contributed by atoms with Gasteiger partial charge in [-0.3, -0.25) is 9.59 Å². The van der Waals surface area contributed by atoms with Crippen molar-refractivity contribution in [2.24, 2.45) is 0 Å². The van der Waals surface area contributed by atoms with Gasteiger partial charge >= 0.3 is 0 Å². The lowest BCUT2D eigenvalue weighted by Gasteiger charge is -2.09. The van der Waals surface area contributed by atoms with E-state index in [1.54, 1.807) is 18.5 Å². The molecule has 2 heterocycles. The summed E-state index contributed by atoms with van der Waals surface area (Å²) >= 11 is 0. The maximum absolute atomic E-state index is 12.2. The van der Waals surface area contributed by atoms with E-state index >= 15 is 0 Å². The number of para-hydroxylation sites is 1. The highest BCUT2D eigenvalue weighted by Gasteiger charge is 2.13. The van der Waals surface area contributed by atoms with Crippen LogP contribution in [0.2, 0.25) is 0 Å². The molecule has 0 aliphatic rings. The number of fused-ring (bicyclic) bond motifs is 1. The molecule has 5 heteroatoms. The normalized spacial score (nSPS) is 10.8. The van der Waals surface area contributed by atoms with Gasteiger partial charge in [0, 0.05) is 17.1 Å². The maximum Gasteiger partial charge on any atom is 0.240 e. The average Bonchev–Trinajstić information content (AvgIpc) is 3.20. The van der Waals surface area contributed by atoms with E-state index in [0.717, 1.165) is 29.2 Å². The minimum Gasteiger partial charge on any atom is -0.467 e. The van der Waals surface area contributed by atoms with Gasteiger partial charge < -0.3 is 14.3 Å². The Labute approximate surface area is 133 Å². The van der Waals surface area contributed by atoms with Crippen LogP contribution in [0.25, 0.3) is 10.9 Å². The van der Waals surface area contributed by atoms with Crippen molar-refractivity contribution in [1.82, 2.24) is 9.88 Å². The van der Waals surface area contributed by atoms with Crippen molar-refractivity contribution in [2.45, 2.75) is 26.4 Å². The zero-order chi connectivity index (χ0) is 16.2. The average molecular weight is 310 g/mol. The van der Waals surface area contributed by atoms with E-state index in [4.69, 9.17) is 4.42 Å². The Morgan fingerprint density at radius 3 is 2.87 bits per heavy atom. The Balaban J connectivity index is 1.84. The second-order valence-electron chi connectivity index (χ2n) is 5.35. The van der Waals surface area contributed by atoms with Gasteiger partial charge in [-0.1, -0.05) is 25.1 Å². The number of nitrogens with zero attached hydrogens (tertiary/aromatic N) is 1. The molecule has 3 rings (SSSR count). The molecular formula is C18H18N2O3. The van der Waals surface area contributed by atoms with Crippen molar-refractivity contribution in [3.05, 3.63) is 59.7 Å². The van der Waals surface area contributed by atoms with E-state index in [1.165, 1.54) is 0 Å². The van der Waals surface area contributed by atoms with Crippen LogP contribution in [-0.2, 0) is 24.3 Å². The Bertz CT molecular complexity index is 831. The van der Waals surface area contributed by atoms with Gasteiger partial charge in [0.2, 0.25) is 5.91 Å². The van der Waals surface area contributed by atoms with Crippen LogP contribution in [0.15, 0.2) is 47.2 Å². The quantitative estimate of drug-likeness (QED) is 0.712. The number of carbonyl (C=O) groups is 2. The molecule has 0 radical (unpaired) electrons. The lowest BCUT2D eigenvalue weighted by atomic mass is 10.1. The molecule has 1 aromatic carbocycles. The zero-order valence-corrected chi connectivity index (χ0v) is 12.9. The Morgan fingerprint density at radius 2 is 2.17 bits per heavy atom. The van der Waals surface area contributed by atoms with E-state index < -0.39 is 0 Å². The summed E-state index contributed by atoms with van der Waals surface area (Å²) in [7, 11) is 0. The molecule has 0 aliphatic carbocycles. The minimum atomic E-state index is -0.123. The number of furan rings is 1. The fourth-order valence-electron chi connectivity index (χ4n) is 2.78. The summed E-state index contributed by atoms with van der Waals surface area (Å²) in [5, 5.41) is 3.71. The fourth-order valence-corrected chi connectivity index (χ4v) is 2.78. The van der Waals surface area contributed by atoms with Gasteiger partial charge in [-0.05, 0) is 24.1 Å². The first-order chi connectivity index (χ1) is 11.2. The summed E-state index contributed by atoms with van der Waals surface area (Å²) < 4.78 is 7.04. The van der Waals surface area contributed by atoms with E-state index in [9.17, 15) is 9.59 Å². The number of benzene rings is 1. The van der Waals surface area contributed by atoms with Crippen molar-refractivity contribution in [3.8, 4) is 0 Å². The van der Waals surface area contributed by atoms with Crippen molar-refractivity contribution >= 4 is 23.1 Å².